The second kappa shape index (κ2) is 14.8. The van der Waals surface area contributed by atoms with Crippen LogP contribution in [-0.2, 0) is 21.7 Å². The molecule has 14 rings (SSSR count). The van der Waals surface area contributed by atoms with Crippen LogP contribution in [0.2, 0.25) is 0 Å². The highest BCUT2D eigenvalue weighted by Crippen LogP contribution is 2.55. The van der Waals surface area contributed by atoms with Gasteiger partial charge in [0.25, 0.3) is 0 Å². The summed E-state index contributed by atoms with van der Waals surface area (Å²) in [6, 6.07) is 55.6. The second-order valence-corrected chi connectivity index (χ2v) is 25.5. The first-order valence-corrected chi connectivity index (χ1v) is 26.7. The molecular formula is C66H59BN2O2S. The van der Waals surface area contributed by atoms with E-state index < -0.39 is 0 Å². The van der Waals surface area contributed by atoms with Gasteiger partial charge in [-0.1, -0.05) is 136 Å². The maximum absolute atomic E-state index is 7.30. The van der Waals surface area contributed by atoms with Crippen molar-refractivity contribution in [1.29, 1.82) is 0 Å². The van der Waals surface area contributed by atoms with Gasteiger partial charge in [-0.05, 0) is 158 Å². The van der Waals surface area contributed by atoms with Crippen LogP contribution in [0.25, 0.3) is 75.3 Å². The van der Waals surface area contributed by atoms with Crippen LogP contribution < -0.4 is 20.6 Å². The number of thiophene rings is 1. The molecule has 72 heavy (non-hydrogen) atoms. The Bertz CT molecular complexity index is 4080. The predicted molar refractivity (Wildman–Crippen MR) is 308 cm³/mol. The van der Waals surface area contributed by atoms with Crippen molar-refractivity contribution < 1.29 is 8.83 Å². The summed E-state index contributed by atoms with van der Waals surface area (Å²) >= 11 is 1.95. The van der Waals surface area contributed by atoms with Gasteiger partial charge in [-0.2, -0.15) is 0 Å². The maximum Gasteiger partial charge on any atom is 0.333 e. The second-order valence-electron chi connectivity index (χ2n) is 24.4. The third-order valence-electron chi connectivity index (χ3n) is 16.9. The lowest BCUT2D eigenvalue weighted by Gasteiger charge is -2.46. The van der Waals surface area contributed by atoms with E-state index in [4.69, 9.17) is 8.83 Å². The zero-order valence-electron chi connectivity index (χ0n) is 43.0. The molecule has 5 heterocycles. The summed E-state index contributed by atoms with van der Waals surface area (Å²) in [5, 5.41) is 5.96. The van der Waals surface area contributed by atoms with Gasteiger partial charge in [-0.3, -0.25) is 0 Å². The Morgan fingerprint density at radius 1 is 0.542 bits per heavy atom. The molecule has 0 spiro atoms. The molecule has 354 valence electrons. The number of furan rings is 2. The van der Waals surface area contributed by atoms with Gasteiger partial charge in [-0.15, -0.1) is 11.3 Å². The Kier molecular flexibility index (Phi) is 8.99. The standard InChI is InChI=1S/C66H59BN2O2S/c1-63(2,3)40-20-23-42(24-21-40)69-54-37-59-46(47-34-50-51(35-58(47)72-59)66(9,10)28-27-65(50,7)8)32-45(54)48-33-49-43-18-14-15-19-56(43)71-62(49)61-60(48)67(69)52-36-57-39(26-29-70-57)30-55(52)68(61)53-25-22-41(64(4,5)6)31-44(53)38-16-12-11-13-17-38/h11-26,29-37H,27-28H2,1-10H3. The Morgan fingerprint density at radius 2 is 1.21 bits per heavy atom. The van der Waals surface area contributed by atoms with E-state index in [0.29, 0.717) is 0 Å². The summed E-state index contributed by atoms with van der Waals surface area (Å²) < 4.78 is 16.3. The molecule has 8 aromatic carbocycles. The molecule has 0 bridgehead atoms. The Morgan fingerprint density at radius 3 is 1.96 bits per heavy atom. The molecule has 0 fully saturated rings. The normalized spacial score (nSPS) is 15.9. The molecule has 0 amide bonds. The summed E-state index contributed by atoms with van der Waals surface area (Å²) in [5.41, 5.74) is 21.2. The van der Waals surface area contributed by atoms with Gasteiger partial charge < -0.3 is 18.5 Å². The highest BCUT2D eigenvalue weighted by Gasteiger charge is 2.48. The van der Waals surface area contributed by atoms with Crippen molar-refractivity contribution in [3.05, 3.63) is 174 Å². The zero-order chi connectivity index (χ0) is 49.4. The van der Waals surface area contributed by atoms with Crippen LogP contribution in [0.1, 0.15) is 104 Å². The number of benzene rings is 8. The molecule has 6 heteroatoms. The van der Waals surface area contributed by atoms with E-state index in [-0.39, 0.29) is 28.5 Å². The van der Waals surface area contributed by atoms with Crippen LogP contribution in [0.15, 0.2) is 161 Å². The Balaban J connectivity index is 1.15. The topological polar surface area (TPSA) is 32.8 Å². The highest BCUT2D eigenvalue weighted by molar-refractivity contribution is 7.26. The maximum atomic E-state index is 7.30. The largest absolute Gasteiger partial charge is 0.464 e. The van der Waals surface area contributed by atoms with E-state index >= 15 is 0 Å². The summed E-state index contributed by atoms with van der Waals surface area (Å²) in [6.07, 6.45) is 4.20. The molecule has 0 unspecified atom stereocenters. The number of fused-ring (bicyclic) bond motifs is 13. The summed E-state index contributed by atoms with van der Waals surface area (Å²) in [4.78, 5) is 5.20. The van der Waals surface area contributed by atoms with E-state index in [9.17, 15) is 0 Å². The van der Waals surface area contributed by atoms with Gasteiger partial charge in [0.2, 0.25) is 0 Å². The molecule has 0 saturated heterocycles. The third kappa shape index (κ3) is 6.30. The van der Waals surface area contributed by atoms with Crippen molar-refractivity contribution >= 4 is 111 Å². The molecule has 0 saturated carbocycles. The zero-order valence-corrected chi connectivity index (χ0v) is 43.9. The van der Waals surface area contributed by atoms with Gasteiger partial charge in [0.1, 0.15) is 11.2 Å². The average Bonchev–Trinajstić information content (AvgIpc) is 4.08. The fraction of sp³-hybridized carbons (Fsp3) is 0.242. The predicted octanol–water partition coefficient (Wildman–Crippen LogP) is 18.0. The fourth-order valence-corrected chi connectivity index (χ4v) is 13.8. The molecule has 0 atom stereocenters. The highest BCUT2D eigenvalue weighted by atomic mass is 32.1. The van der Waals surface area contributed by atoms with Gasteiger partial charge >= 0.3 is 6.85 Å². The van der Waals surface area contributed by atoms with E-state index in [2.05, 4.69) is 225 Å². The van der Waals surface area contributed by atoms with Crippen molar-refractivity contribution in [1.82, 2.24) is 0 Å². The minimum Gasteiger partial charge on any atom is -0.464 e. The number of rotatable bonds is 3. The van der Waals surface area contributed by atoms with Crippen molar-refractivity contribution in [2.75, 3.05) is 9.71 Å². The molecule has 11 aromatic rings. The van der Waals surface area contributed by atoms with Gasteiger partial charge in [-0.25, -0.2) is 0 Å². The number of nitrogens with zero attached hydrogens (tertiary/aromatic N) is 2. The minimum atomic E-state index is -0.240. The average molecular weight is 955 g/mol. The van der Waals surface area contributed by atoms with Crippen molar-refractivity contribution in [3.8, 4) is 22.3 Å². The lowest BCUT2D eigenvalue weighted by atomic mass is 9.43. The Hall–Kier alpha value is -7.02. The quantitative estimate of drug-likeness (QED) is 0.165. The number of hydrogen-bond donors (Lipinski definition) is 0. The molecule has 3 aliphatic rings. The molecular weight excluding hydrogens is 896 g/mol. The molecule has 4 nitrogen and oxygen atoms in total. The van der Waals surface area contributed by atoms with Gasteiger partial charge in [0, 0.05) is 64.5 Å². The molecule has 0 radical (unpaired) electrons. The number of anilines is 5. The van der Waals surface area contributed by atoms with E-state index in [0.717, 1.165) is 55.7 Å². The van der Waals surface area contributed by atoms with Crippen LogP contribution in [0.4, 0.5) is 28.4 Å². The van der Waals surface area contributed by atoms with E-state index in [1.807, 2.05) is 17.6 Å². The van der Waals surface area contributed by atoms with Gasteiger partial charge in [0.05, 0.1) is 17.6 Å². The SMILES string of the molecule is CC(C)(C)c1ccc(N2B3c4cc5occc5cc4N(c4ccc(C(C)(C)C)cc4-c4ccccc4)c4c3c(cc3c4oc4ccccc43)-c3cc4c(cc32)sc2cc3c(cc24)C(C)(C)CCC3(C)C)cc1. The summed E-state index contributed by atoms with van der Waals surface area (Å²) in [5.74, 6) is 0. The number of para-hydroxylation sites is 1. The molecule has 2 aliphatic heterocycles. The monoisotopic (exact) mass is 954 g/mol. The molecule has 0 N–H and O–H groups in total. The van der Waals surface area contributed by atoms with E-state index in [1.54, 1.807) is 0 Å². The molecule has 1 aliphatic carbocycles. The van der Waals surface area contributed by atoms with Crippen LogP contribution in [0.3, 0.4) is 0 Å². The lowest BCUT2D eigenvalue weighted by Crippen LogP contribution is -2.61. The third-order valence-corrected chi connectivity index (χ3v) is 18.0. The number of hydrogen-bond acceptors (Lipinski definition) is 5. The van der Waals surface area contributed by atoms with Crippen molar-refractivity contribution in [2.45, 2.75) is 104 Å². The smallest absolute Gasteiger partial charge is 0.333 e. The van der Waals surface area contributed by atoms with Crippen LogP contribution >= 0.6 is 11.3 Å². The first kappa shape index (κ1) is 43.7. The van der Waals surface area contributed by atoms with E-state index in [1.165, 1.54) is 94.1 Å². The first-order valence-electron chi connectivity index (χ1n) is 25.9. The Labute approximate surface area is 427 Å². The summed E-state index contributed by atoms with van der Waals surface area (Å²) in [6.45, 7) is 23.4. The van der Waals surface area contributed by atoms with Crippen LogP contribution in [0.5, 0.6) is 0 Å². The van der Waals surface area contributed by atoms with Crippen molar-refractivity contribution in [2.24, 2.45) is 0 Å². The molecule has 3 aromatic heterocycles. The van der Waals surface area contributed by atoms with Crippen molar-refractivity contribution in [3.63, 3.8) is 0 Å². The van der Waals surface area contributed by atoms with Gasteiger partial charge in [0.15, 0.2) is 5.58 Å². The van der Waals surface area contributed by atoms with Crippen LogP contribution in [0, 0.1) is 0 Å². The fourth-order valence-electron chi connectivity index (χ4n) is 12.7. The summed E-state index contributed by atoms with van der Waals surface area (Å²) in [7, 11) is 0. The lowest BCUT2D eigenvalue weighted by molar-refractivity contribution is 0.332. The van der Waals surface area contributed by atoms with Crippen LogP contribution in [-0.4, -0.2) is 6.85 Å². The first-order chi connectivity index (χ1) is 34.4. The minimum absolute atomic E-state index is 0.00162.